The van der Waals surface area contributed by atoms with Crippen molar-refractivity contribution in [3.05, 3.63) is 33.9 Å². The van der Waals surface area contributed by atoms with Gasteiger partial charge in [-0.3, -0.25) is 10.1 Å². The standard InChI is InChI=1S/C14H18N2O5/c1-10(2)21-14(17)12-9-11(3-4-13(12)16(18)19)15-5-7-20-8-6-15/h3-4,9-10H,5-8H2,1-2H3. The number of esters is 1. The second kappa shape index (κ2) is 6.53. The third-order valence-electron chi connectivity index (χ3n) is 3.12. The summed E-state index contributed by atoms with van der Waals surface area (Å²) in [5.74, 6) is -0.674. The van der Waals surface area contributed by atoms with Crippen molar-refractivity contribution in [2.75, 3.05) is 31.2 Å². The minimum Gasteiger partial charge on any atom is -0.459 e. The minimum absolute atomic E-state index is 0.0160. The Labute approximate surface area is 122 Å². The number of carbonyl (C=O) groups excluding carboxylic acids is 1. The number of hydrogen-bond acceptors (Lipinski definition) is 6. The number of hydrogen-bond donors (Lipinski definition) is 0. The summed E-state index contributed by atoms with van der Waals surface area (Å²) in [4.78, 5) is 24.6. The van der Waals surface area contributed by atoms with Crippen molar-refractivity contribution < 1.29 is 19.2 Å². The molecule has 0 radical (unpaired) electrons. The first-order valence-corrected chi connectivity index (χ1v) is 6.81. The molecule has 21 heavy (non-hydrogen) atoms. The molecule has 0 aliphatic carbocycles. The predicted octanol–water partition coefficient (Wildman–Crippen LogP) is 2.00. The Bertz CT molecular complexity index is 538. The Morgan fingerprint density at radius 1 is 1.38 bits per heavy atom. The van der Waals surface area contributed by atoms with Crippen LogP contribution in [0, 0.1) is 10.1 Å². The molecule has 1 fully saturated rings. The van der Waals surface area contributed by atoms with Gasteiger partial charge in [0.15, 0.2) is 0 Å². The maximum atomic E-state index is 12.0. The third kappa shape index (κ3) is 3.69. The summed E-state index contributed by atoms with van der Waals surface area (Å²) in [7, 11) is 0. The van der Waals surface area contributed by atoms with Crippen LogP contribution in [0.15, 0.2) is 18.2 Å². The second-order valence-corrected chi connectivity index (χ2v) is 5.01. The molecule has 0 amide bonds. The molecule has 1 aromatic carbocycles. The minimum atomic E-state index is -0.674. The number of nitro groups is 1. The van der Waals surface area contributed by atoms with Crippen LogP contribution in [0.2, 0.25) is 0 Å². The Morgan fingerprint density at radius 2 is 2.05 bits per heavy atom. The van der Waals surface area contributed by atoms with Crippen LogP contribution in [0.1, 0.15) is 24.2 Å². The molecule has 7 heteroatoms. The number of morpholine rings is 1. The van der Waals surface area contributed by atoms with Gasteiger partial charge >= 0.3 is 5.97 Å². The number of nitrogens with zero attached hydrogens (tertiary/aromatic N) is 2. The van der Waals surface area contributed by atoms with Gasteiger partial charge in [0, 0.05) is 24.8 Å². The maximum absolute atomic E-state index is 12.0. The Hall–Kier alpha value is -2.15. The van der Waals surface area contributed by atoms with Crippen LogP contribution in [-0.2, 0) is 9.47 Å². The molecule has 0 saturated carbocycles. The van der Waals surface area contributed by atoms with Crippen LogP contribution in [0.4, 0.5) is 11.4 Å². The van der Waals surface area contributed by atoms with Crippen molar-refractivity contribution in [1.82, 2.24) is 0 Å². The zero-order valence-corrected chi connectivity index (χ0v) is 12.1. The van der Waals surface area contributed by atoms with E-state index in [1.807, 2.05) is 4.90 Å². The van der Waals surface area contributed by atoms with Gasteiger partial charge in [0.25, 0.3) is 5.69 Å². The molecule has 7 nitrogen and oxygen atoms in total. The molecule has 0 atom stereocenters. The van der Waals surface area contributed by atoms with E-state index in [9.17, 15) is 14.9 Å². The average molecular weight is 294 g/mol. The first kappa shape index (κ1) is 15.2. The van der Waals surface area contributed by atoms with Gasteiger partial charge in [-0.05, 0) is 26.0 Å². The van der Waals surface area contributed by atoms with E-state index < -0.39 is 10.9 Å². The lowest BCUT2D eigenvalue weighted by Crippen LogP contribution is -2.36. The summed E-state index contributed by atoms with van der Waals surface area (Å²) in [5.41, 5.74) is 0.509. The van der Waals surface area contributed by atoms with E-state index >= 15 is 0 Å². The molecule has 0 spiro atoms. The molecule has 114 valence electrons. The fourth-order valence-corrected chi connectivity index (χ4v) is 2.14. The van der Waals surface area contributed by atoms with E-state index in [-0.39, 0.29) is 17.4 Å². The molecular weight excluding hydrogens is 276 g/mol. The molecule has 1 aromatic rings. The number of anilines is 1. The van der Waals surface area contributed by atoms with Gasteiger partial charge in [0.05, 0.1) is 24.2 Å². The fraction of sp³-hybridized carbons (Fsp3) is 0.500. The summed E-state index contributed by atoms with van der Waals surface area (Å²) < 4.78 is 10.4. The number of nitro benzene ring substituents is 1. The van der Waals surface area contributed by atoms with E-state index in [0.717, 1.165) is 5.69 Å². The van der Waals surface area contributed by atoms with Crippen LogP contribution in [0.3, 0.4) is 0 Å². The summed E-state index contributed by atoms with van der Waals surface area (Å²) >= 11 is 0. The van der Waals surface area contributed by atoms with Gasteiger partial charge in [-0.25, -0.2) is 4.79 Å². The lowest BCUT2D eigenvalue weighted by atomic mass is 10.1. The third-order valence-corrected chi connectivity index (χ3v) is 3.12. The van der Waals surface area contributed by atoms with Gasteiger partial charge in [-0.15, -0.1) is 0 Å². The van der Waals surface area contributed by atoms with Crippen molar-refractivity contribution >= 4 is 17.3 Å². The molecule has 1 heterocycles. The van der Waals surface area contributed by atoms with E-state index in [4.69, 9.17) is 9.47 Å². The van der Waals surface area contributed by atoms with Crippen molar-refractivity contribution in [3.8, 4) is 0 Å². The van der Waals surface area contributed by atoms with E-state index in [1.54, 1.807) is 19.9 Å². The highest BCUT2D eigenvalue weighted by atomic mass is 16.6. The number of benzene rings is 1. The summed E-state index contributed by atoms with van der Waals surface area (Å²) in [6.07, 6.45) is -0.329. The molecule has 1 saturated heterocycles. The van der Waals surface area contributed by atoms with Gasteiger partial charge in [-0.1, -0.05) is 0 Å². The fourth-order valence-electron chi connectivity index (χ4n) is 2.14. The predicted molar refractivity (Wildman–Crippen MR) is 76.7 cm³/mol. The monoisotopic (exact) mass is 294 g/mol. The number of ether oxygens (including phenoxy) is 2. The smallest absolute Gasteiger partial charge is 0.345 e. The molecule has 0 N–H and O–H groups in total. The lowest BCUT2D eigenvalue weighted by molar-refractivity contribution is -0.385. The van der Waals surface area contributed by atoms with Gasteiger partial charge in [-0.2, -0.15) is 0 Å². The van der Waals surface area contributed by atoms with Gasteiger partial charge in [0.2, 0.25) is 0 Å². The topological polar surface area (TPSA) is 81.9 Å². The molecule has 2 rings (SSSR count). The van der Waals surface area contributed by atoms with Crippen molar-refractivity contribution in [3.63, 3.8) is 0 Å². The van der Waals surface area contributed by atoms with Crippen molar-refractivity contribution in [2.45, 2.75) is 20.0 Å². The van der Waals surface area contributed by atoms with E-state index in [0.29, 0.717) is 26.3 Å². The second-order valence-electron chi connectivity index (χ2n) is 5.01. The normalized spacial score (nSPS) is 15.1. The largest absolute Gasteiger partial charge is 0.459 e. The SMILES string of the molecule is CC(C)OC(=O)c1cc(N2CCOCC2)ccc1[N+](=O)[O-]. The first-order valence-electron chi connectivity index (χ1n) is 6.81. The van der Waals surface area contributed by atoms with Gasteiger partial charge < -0.3 is 14.4 Å². The molecular formula is C14H18N2O5. The Kier molecular flexibility index (Phi) is 4.74. The van der Waals surface area contributed by atoms with E-state index in [2.05, 4.69) is 0 Å². The van der Waals surface area contributed by atoms with Crippen LogP contribution in [-0.4, -0.2) is 43.3 Å². The number of rotatable bonds is 4. The zero-order chi connectivity index (χ0) is 15.4. The van der Waals surface area contributed by atoms with Crippen LogP contribution in [0.5, 0.6) is 0 Å². The highest BCUT2D eigenvalue weighted by Crippen LogP contribution is 2.26. The molecule has 1 aliphatic heterocycles. The summed E-state index contributed by atoms with van der Waals surface area (Å²) in [6.45, 7) is 5.99. The van der Waals surface area contributed by atoms with Gasteiger partial charge in [0.1, 0.15) is 5.56 Å². The quantitative estimate of drug-likeness (QED) is 0.480. The van der Waals surface area contributed by atoms with Crippen molar-refractivity contribution in [1.29, 1.82) is 0 Å². The zero-order valence-electron chi connectivity index (χ0n) is 12.1. The summed E-state index contributed by atoms with van der Waals surface area (Å²) in [5, 5.41) is 11.1. The van der Waals surface area contributed by atoms with Crippen LogP contribution < -0.4 is 4.90 Å². The molecule has 0 unspecified atom stereocenters. The Balaban J connectivity index is 2.33. The molecule has 1 aliphatic rings. The van der Waals surface area contributed by atoms with Crippen LogP contribution >= 0.6 is 0 Å². The average Bonchev–Trinajstić information content (AvgIpc) is 2.46. The summed E-state index contributed by atoms with van der Waals surface area (Å²) in [6, 6.07) is 4.52. The highest BCUT2D eigenvalue weighted by molar-refractivity contribution is 5.95. The molecule has 0 bridgehead atoms. The first-order chi connectivity index (χ1) is 9.99. The Morgan fingerprint density at radius 3 is 2.62 bits per heavy atom. The lowest BCUT2D eigenvalue weighted by Gasteiger charge is -2.29. The number of carbonyl (C=O) groups is 1. The van der Waals surface area contributed by atoms with Crippen LogP contribution in [0.25, 0.3) is 0 Å². The van der Waals surface area contributed by atoms with Crippen molar-refractivity contribution in [2.24, 2.45) is 0 Å². The highest BCUT2D eigenvalue weighted by Gasteiger charge is 2.24. The maximum Gasteiger partial charge on any atom is 0.345 e. The van der Waals surface area contributed by atoms with E-state index in [1.165, 1.54) is 12.1 Å². The molecule has 0 aromatic heterocycles.